The van der Waals surface area contributed by atoms with Crippen molar-refractivity contribution in [3.05, 3.63) is 48.3 Å². The third kappa shape index (κ3) is 2.14. The zero-order chi connectivity index (χ0) is 15.8. The molecule has 0 bridgehead atoms. The molecule has 0 aliphatic rings. The molecule has 4 aromatic rings. The van der Waals surface area contributed by atoms with Crippen LogP contribution in [0.2, 0.25) is 0 Å². The largest absolute Gasteiger partial charge is 0.392 e. The maximum atomic E-state index is 10.5. The van der Waals surface area contributed by atoms with Gasteiger partial charge < -0.3 is 10.4 Å². The molecule has 0 unspecified atom stereocenters. The molecule has 1 aromatic carbocycles. The Morgan fingerprint density at radius 1 is 1.30 bits per heavy atom. The van der Waals surface area contributed by atoms with Crippen molar-refractivity contribution in [2.24, 2.45) is 0 Å². The number of nitrogens with one attached hydrogen (secondary N) is 2. The summed E-state index contributed by atoms with van der Waals surface area (Å²) >= 11 is 0. The second kappa shape index (κ2) is 5.22. The van der Waals surface area contributed by atoms with Gasteiger partial charge in [0.15, 0.2) is 5.82 Å². The average Bonchev–Trinajstić information content (AvgIpc) is 3.19. The van der Waals surface area contributed by atoms with Crippen LogP contribution in [0.4, 0.5) is 5.82 Å². The number of fused-ring (bicyclic) bond motifs is 2. The molecule has 0 aliphatic carbocycles. The summed E-state index contributed by atoms with van der Waals surface area (Å²) in [5, 5.41) is 24.4. The number of anilines is 1. The topological polar surface area (TPSA) is 95.3 Å². The highest BCUT2D eigenvalue weighted by Gasteiger charge is 2.12. The summed E-state index contributed by atoms with van der Waals surface area (Å²) in [6, 6.07) is 9.46. The van der Waals surface area contributed by atoms with Crippen molar-refractivity contribution in [1.29, 1.82) is 0 Å². The molecule has 114 valence electrons. The Bertz CT molecular complexity index is 1020. The van der Waals surface area contributed by atoms with Crippen LogP contribution in [0.3, 0.4) is 0 Å². The lowest BCUT2D eigenvalue weighted by atomic mass is 9.97. The number of hydrogen-bond acceptors (Lipinski definition) is 4. The van der Waals surface area contributed by atoms with E-state index in [1.165, 1.54) is 0 Å². The molecule has 3 heterocycles. The number of aliphatic hydroxyl groups excluding tert-OH is 1. The summed E-state index contributed by atoms with van der Waals surface area (Å²) < 4.78 is 1.68. The van der Waals surface area contributed by atoms with Crippen LogP contribution in [0, 0.1) is 0 Å². The highest BCUT2D eigenvalue weighted by Crippen LogP contribution is 2.32. The van der Waals surface area contributed by atoms with Crippen LogP contribution in [0.1, 0.15) is 5.56 Å². The fourth-order valence-corrected chi connectivity index (χ4v) is 2.82. The van der Waals surface area contributed by atoms with Crippen molar-refractivity contribution in [3.8, 4) is 11.1 Å². The quantitative estimate of drug-likeness (QED) is 0.502. The van der Waals surface area contributed by atoms with Crippen molar-refractivity contribution in [2.45, 2.75) is 6.61 Å². The van der Waals surface area contributed by atoms with Gasteiger partial charge in [-0.3, -0.25) is 9.89 Å². The number of aliphatic hydroxyl groups is 1. The van der Waals surface area contributed by atoms with Gasteiger partial charge in [-0.05, 0) is 34.9 Å². The molecule has 3 aromatic heterocycles. The Morgan fingerprint density at radius 2 is 2.22 bits per heavy atom. The van der Waals surface area contributed by atoms with Gasteiger partial charge in [-0.2, -0.15) is 10.2 Å². The Morgan fingerprint density at radius 3 is 3.04 bits per heavy atom. The lowest BCUT2D eigenvalue weighted by Crippen LogP contribution is -1.95. The number of nitrogens with zero attached hydrogens (tertiary/aromatic N) is 3. The van der Waals surface area contributed by atoms with Crippen LogP contribution in [0.15, 0.2) is 42.7 Å². The number of rotatable bonds is 4. The van der Waals surface area contributed by atoms with E-state index in [9.17, 15) is 9.90 Å². The zero-order valence-electron chi connectivity index (χ0n) is 12.0. The van der Waals surface area contributed by atoms with Crippen molar-refractivity contribution in [2.75, 3.05) is 5.32 Å². The Kier molecular flexibility index (Phi) is 3.06. The molecule has 0 spiro atoms. The third-order valence-electron chi connectivity index (χ3n) is 3.84. The smallest absolute Gasteiger partial charge is 0.212 e. The molecule has 0 aliphatic heterocycles. The van der Waals surface area contributed by atoms with Crippen LogP contribution in [0.5, 0.6) is 0 Å². The highest BCUT2D eigenvalue weighted by atomic mass is 16.3. The number of aromatic nitrogens is 4. The Balaban J connectivity index is 1.94. The molecule has 4 rings (SSSR count). The van der Waals surface area contributed by atoms with E-state index in [2.05, 4.69) is 20.6 Å². The van der Waals surface area contributed by atoms with E-state index >= 15 is 0 Å². The van der Waals surface area contributed by atoms with Crippen molar-refractivity contribution < 1.29 is 9.90 Å². The first-order valence-electron chi connectivity index (χ1n) is 7.06. The number of pyridine rings is 1. The number of carbonyl (C=O) groups excluding carboxylic acids is 1. The number of carbonyl (C=O) groups is 1. The zero-order valence-corrected chi connectivity index (χ0v) is 12.0. The molecular formula is C16H13N5O2. The summed E-state index contributed by atoms with van der Waals surface area (Å²) in [7, 11) is 0. The minimum atomic E-state index is -0.0567. The standard InChI is InChI=1S/C16H13N5O2/c22-8-11-1-2-14-13(7-18-19-14)16(11)10-3-4-21-12(5-10)6-15(20-21)17-9-23/h1-7,9,22H,8H2,(H,18,19)(H,17,20,23). The number of benzene rings is 1. The molecule has 7 heteroatoms. The van der Waals surface area contributed by atoms with E-state index in [1.54, 1.807) is 16.8 Å². The van der Waals surface area contributed by atoms with Crippen molar-refractivity contribution in [1.82, 2.24) is 19.8 Å². The van der Waals surface area contributed by atoms with Crippen LogP contribution < -0.4 is 5.32 Å². The molecule has 23 heavy (non-hydrogen) atoms. The maximum Gasteiger partial charge on any atom is 0.212 e. The fraction of sp³-hybridized carbons (Fsp3) is 0.0625. The fourth-order valence-electron chi connectivity index (χ4n) is 2.82. The average molecular weight is 307 g/mol. The summed E-state index contributed by atoms with van der Waals surface area (Å²) in [6.07, 6.45) is 4.17. The summed E-state index contributed by atoms with van der Waals surface area (Å²) in [5.74, 6) is 0.487. The number of amides is 1. The molecule has 7 nitrogen and oxygen atoms in total. The lowest BCUT2D eigenvalue weighted by molar-refractivity contribution is -0.105. The van der Waals surface area contributed by atoms with Crippen LogP contribution >= 0.6 is 0 Å². The number of aromatic amines is 1. The normalized spacial score (nSPS) is 11.2. The molecule has 0 saturated carbocycles. The van der Waals surface area contributed by atoms with E-state index in [0.29, 0.717) is 12.2 Å². The second-order valence-electron chi connectivity index (χ2n) is 5.17. The first-order chi connectivity index (χ1) is 11.3. The molecule has 0 fully saturated rings. The molecule has 0 radical (unpaired) electrons. The van der Waals surface area contributed by atoms with Gasteiger partial charge >= 0.3 is 0 Å². The van der Waals surface area contributed by atoms with Gasteiger partial charge in [-0.25, -0.2) is 4.52 Å². The highest BCUT2D eigenvalue weighted by molar-refractivity contribution is 5.96. The van der Waals surface area contributed by atoms with Crippen molar-refractivity contribution >= 4 is 28.6 Å². The van der Waals surface area contributed by atoms with E-state index in [0.717, 1.165) is 33.1 Å². The van der Waals surface area contributed by atoms with Crippen LogP contribution in [0.25, 0.3) is 27.5 Å². The molecule has 0 atom stereocenters. The lowest BCUT2D eigenvalue weighted by Gasteiger charge is -2.09. The molecule has 1 amide bonds. The predicted molar refractivity (Wildman–Crippen MR) is 85.9 cm³/mol. The third-order valence-corrected chi connectivity index (χ3v) is 3.84. The minimum Gasteiger partial charge on any atom is -0.392 e. The SMILES string of the molecule is O=CNc1cc2cc(-c3c(CO)ccc4[nH]ncc34)ccn2n1. The monoisotopic (exact) mass is 307 g/mol. The van der Waals surface area contributed by atoms with Crippen LogP contribution in [-0.2, 0) is 11.4 Å². The first kappa shape index (κ1) is 13.5. The number of hydrogen-bond donors (Lipinski definition) is 3. The predicted octanol–water partition coefficient (Wildman–Crippen LogP) is 1.94. The first-order valence-corrected chi connectivity index (χ1v) is 7.06. The van der Waals surface area contributed by atoms with Gasteiger partial charge in [-0.15, -0.1) is 0 Å². The minimum absolute atomic E-state index is 0.0567. The van der Waals surface area contributed by atoms with E-state index in [1.807, 2.05) is 30.5 Å². The Labute approximate surface area is 130 Å². The molecular weight excluding hydrogens is 294 g/mol. The maximum absolute atomic E-state index is 10.5. The van der Waals surface area contributed by atoms with Gasteiger partial charge in [0.05, 0.1) is 23.8 Å². The summed E-state index contributed by atoms with van der Waals surface area (Å²) in [4.78, 5) is 10.5. The van der Waals surface area contributed by atoms with Gasteiger partial charge in [0.25, 0.3) is 0 Å². The van der Waals surface area contributed by atoms with E-state index in [4.69, 9.17) is 0 Å². The van der Waals surface area contributed by atoms with Crippen LogP contribution in [-0.4, -0.2) is 31.3 Å². The second-order valence-corrected chi connectivity index (χ2v) is 5.17. The number of H-pyrrole nitrogens is 1. The van der Waals surface area contributed by atoms with Gasteiger partial charge in [0, 0.05) is 17.6 Å². The van der Waals surface area contributed by atoms with Crippen molar-refractivity contribution in [3.63, 3.8) is 0 Å². The summed E-state index contributed by atoms with van der Waals surface area (Å²) in [6.45, 7) is -0.0567. The summed E-state index contributed by atoms with van der Waals surface area (Å²) in [5.41, 5.74) is 4.47. The van der Waals surface area contributed by atoms with Gasteiger partial charge in [0.2, 0.25) is 6.41 Å². The van der Waals surface area contributed by atoms with Gasteiger partial charge in [0.1, 0.15) is 0 Å². The Hall–Kier alpha value is -3.19. The molecule has 0 saturated heterocycles. The molecule has 3 N–H and O–H groups in total. The van der Waals surface area contributed by atoms with E-state index < -0.39 is 0 Å². The van der Waals surface area contributed by atoms with E-state index in [-0.39, 0.29) is 6.61 Å². The van der Waals surface area contributed by atoms with Gasteiger partial charge in [-0.1, -0.05) is 6.07 Å².